The zero-order chi connectivity index (χ0) is 14.8. The minimum absolute atomic E-state index is 0.0159. The van der Waals surface area contributed by atoms with Crippen LogP contribution >= 0.6 is 0 Å². The summed E-state index contributed by atoms with van der Waals surface area (Å²) in [5.41, 5.74) is 0. The van der Waals surface area contributed by atoms with Crippen molar-refractivity contribution in [3.8, 4) is 0 Å². The summed E-state index contributed by atoms with van der Waals surface area (Å²) in [5.74, 6) is 0.0641. The van der Waals surface area contributed by atoms with Crippen molar-refractivity contribution in [1.29, 1.82) is 0 Å². The highest BCUT2D eigenvalue weighted by molar-refractivity contribution is 7.91. The summed E-state index contributed by atoms with van der Waals surface area (Å²) in [4.78, 5) is 13.9. The van der Waals surface area contributed by atoms with Gasteiger partial charge in [-0.2, -0.15) is 0 Å². The maximum absolute atomic E-state index is 12.2. The van der Waals surface area contributed by atoms with Crippen LogP contribution in [0.25, 0.3) is 0 Å². The van der Waals surface area contributed by atoms with Crippen LogP contribution < -0.4 is 5.32 Å². The summed E-state index contributed by atoms with van der Waals surface area (Å²) in [7, 11) is -3.03. The fraction of sp³-hybridized carbons (Fsp3) is 0.917. The fourth-order valence-corrected chi connectivity index (χ4v) is 4.13. The van der Waals surface area contributed by atoms with Gasteiger partial charge in [-0.25, -0.2) is 8.42 Å². The van der Waals surface area contributed by atoms with Crippen molar-refractivity contribution < 1.29 is 23.1 Å². The fourth-order valence-electron chi connectivity index (χ4n) is 2.69. The van der Waals surface area contributed by atoms with Crippen LogP contribution in [0.2, 0.25) is 0 Å². The molecule has 2 aliphatic heterocycles. The van der Waals surface area contributed by atoms with E-state index in [1.54, 1.807) is 4.90 Å². The number of sulfone groups is 1. The van der Waals surface area contributed by atoms with Crippen molar-refractivity contribution >= 4 is 15.7 Å². The highest BCUT2D eigenvalue weighted by atomic mass is 32.2. The smallest absolute Gasteiger partial charge is 0.224 e. The number of rotatable bonds is 3. The molecular formula is C12H22N2O5S. The van der Waals surface area contributed by atoms with Crippen LogP contribution in [0.5, 0.6) is 0 Å². The summed E-state index contributed by atoms with van der Waals surface area (Å²) in [6.45, 7) is 2.97. The molecule has 1 amide bonds. The van der Waals surface area contributed by atoms with Crippen molar-refractivity contribution in [2.45, 2.75) is 31.6 Å². The molecule has 2 saturated heterocycles. The van der Waals surface area contributed by atoms with E-state index in [1.807, 2.05) is 6.92 Å². The van der Waals surface area contributed by atoms with E-state index in [0.29, 0.717) is 19.6 Å². The van der Waals surface area contributed by atoms with E-state index in [0.717, 1.165) is 0 Å². The number of hydrogen-bond acceptors (Lipinski definition) is 6. The van der Waals surface area contributed by atoms with Crippen LogP contribution in [0.1, 0.15) is 13.3 Å². The Balaban J connectivity index is 1.91. The highest BCUT2D eigenvalue weighted by Gasteiger charge is 2.31. The average Bonchev–Trinajstić information content (AvgIpc) is 2.36. The number of carbonyl (C=O) groups is 1. The van der Waals surface area contributed by atoms with E-state index in [-0.39, 0.29) is 48.7 Å². The quantitative estimate of drug-likeness (QED) is 0.650. The number of aliphatic hydroxyl groups excluding tert-OH is 1. The van der Waals surface area contributed by atoms with Gasteiger partial charge in [0.1, 0.15) is 0 Å². The van der Waals surface area contributed by atoms with Gasteiger partial charge in [0, 0.05) is 32.1 Å². The zero-order valence-electron chi connectivity index (χ0n) is 11.6. The number of ether oxygens (including phenoxy) is 1. The Labute approximate surface area is 119 Å². The molecule has 0 aromatic heterocycles. The number of nitrogens with one attached hydrogen (secondary N) is 1. The monoisotopic (exact) mass is 306 g/mol. The van der Waals surface area contributed by atoms with Gasteiger partial charge in [-0.05, 0) is 6.92 Å². The van der Waals surface area contributed by atoms with Gasteiger partial charge in [-0.1, -0.05) is 0 Å². The van der Waals surface area contributed by atoms with Gasteiger partial charge < -0.3 is 20.1 Å². The summed E-state index contributed by atoms with van der Waals surface area (Å²) in [5, 5.41) is 12.2. The van der Waals surface area contributed by atoms with Gasteiger partial charge in [-0.3, -0.25) is 4.79 Å². The third-order valence-electron chi connectivity index (χ3n) is 3.60. The molecule has 3 unspecified atom stereocenters. The van der Waals surface area contributed by atoms with E-state index in [9.17, 15) is 13.2 Å². The molecule has 20 heavy (non-hydrogen) atoms. The molecule has 2 rings (SSSR count). The molecule has 7 nitrogen and oxygen atoms in total. The Morgan fingerprint density at radius 2 is 2.20 bits per heavy atom. The molecule has 2 heterocycles. The first-order valence-corrected chi connectivity index (χ1v) is 8.69. The van der Waals surface area contributed by atoms with E-state index < -0.39 is 9.84 Å². The van der Waals surface area contributed by atoms with Crippen molar-refractivity contribution in [3.63, 3.8) is 0 Å². The predicted molar refractivity (Wildman–Crippen MR) is 73.1 cm³/mol. The lowest BCUT2D eigenvalue weighted by molar-refractivity contribution is -0.147. The maximum Gasteiger partial charge on any atom is 0.224 e. The largest absolute Gasteiger partial charge is 0.394 e. The summed E-state index contributed by atoms with van der Waals surface area (Å²) in [6, 6.07) is -0.313. The number of carbonyl (C=O) groups excluding carboxylic acids is 1. The summed E-state index contributed by atoms with van der Waals surface area (Å²) < 4.78 is 28.6. The minimum Gasteiger partial charge on any atom is -0.394 e. The lowest BCUT2D eigenvalue weighted by Gasteiger charge is -2.37. The van der Waals surface area contributed by atoms with Crippen LogP contribution in [-0.4, -0.2) is 80.3 Å². The lowest BCUT2D eigenvalue weighted by Crippen LogP contribution is -2.53. The lowest BCUT2D eigenvalue weighted by atomic mass is 10.1. The van der Waals surface area contributed by atoms with E-state index in [1.165, 1.54) is 0 Å². The molecule has 8 heteroatoms. The third kappa shape index (κ3) is 4.15. The first-order chi connectivity index (χ1) is 9.39. The van der Waals surface area contributed by atoms with Crippen LogP contribution in [0.4, 0.5) is 0 Å². The van der Waals surface area contributed by atoms with Crippen molar-refractivity contribution in [3.05, 3.63) is 0 Å². The SMILES string of the molecule is CC1CN(C(=O)CC2CS(=O)(=O)CCN2)CC(CO)O1. The molecule has 3 atom stereocenters. The standard InChI is InChI=1S/C12H22N2O5S/c1-9-5-14(6-11(7-15)19-9)12(16)4-10-8-20(17,18)3-2-13-10/h9-11,13,15H,2-8H2,1H3. The average molecular weight is 306 g/mol. The number of amides is 1. The topological polar surface area (TPSA) is 95.9 Å². The number of nitrogens with zero attached hydrogens (tertiary/aromatic N) is 1. The predicted octanol–water partition coefficient (Wildman–Crippen LogP) is -1.63. The van der Waals surface area contributed by atoms with Gasteiger partial charge in [0.25, 0.3) is 0 Å². The molecule has 2 aliphatic rings. The van der Waals surface area contributed by atoms with Crippen molar-refractivity contribution in [1.82, 2.24) is 10.2 Å². The molecule has 2 N–H and O–H groups in total. The molecule has 0 radical (unpaired) electrons. The first kappa shape index (κ1) is 15.7. The molecule has 0 spiro atoms. The van der Waals surface area contributed by atoms with Gasteiger partial charge in [0.05, 0.1) is 30.3 Å². The Morgan fingerprint density at radius 3 is 2.85 bits per heavy atom. The number of aliphatic hydroxyl groups is 1. The zero-order valence-corrected chi connectivity index (χ0v) is 12.4. The number of morpholine rings is 1. The summed E-state index contributed by atoms with van der Waals surface area (Å²) in [6.07, 6.45) is -0.303. The second kappa shape index (κ2) is 6.38. The maximum atomic E-state index is 12.2. The Bertz CT molecular complexity index is 453. The highest BCUT2D eigenvalue weighted by Crippen LogP contribution is 2.14. The molecule has 0 saturated carbocycles. The van der Waals surface area contributed by atoms with Crippen LogP contribution in [0, 0.1) is 0 Å². The third-order valence-corrected chi connectivity index (χ3v) is 5.34. The molecule has 2 fully saturated rings. The van der Waals surface area contributed by atoms with Gasteiger partial charge in [0.15, 0.2) is 9.84 Å². The Morgan fingerprint density at radius 1 is 1.45 bits per heavy atom. The molecule has 116 valence electrons. The second-order valence-corrected chi connectivity index (χ2v) is 7.75. The van der Waals surface area contributed by atoms with E-state index in [2.05, 4.69) is 5.32 Å². The normalized spacial score (nSPS) is 33.9. The van der Waals surface area contributed by atoms with E-state index >= 15 is 0 Å². The Hall–Kier alpha value is -0.700. The van der Waals surface area contributed by atoms with Gasteiger partial charge in [-0.15, -0.1) is 0 Å². The molecule has 0 aromatic rings. The Kier molecular flexibility index (Phi) is 5.00. The first-order valence-electron chi connectivity index (χ1n) is 6.87. The van der Waals surface area contributed by atoms with E-state index in [4.69, 9.17) is 9.84 Å². The summed E-state index contributed by atoms with van der Waals surface area (Å²) >= 11 is 0. The van der Waals surface area contributed by atoms with Crippen molar-refractivity contribution in [2.75, 3.05) is 37.7 Å². The van der Waals surface area contributed by atoms with Crippen LogP contribution in [-0.2, 0) is 19.4 Å². The molecule has 0 aliphatic carbocycles. The second-order valence-electron chi connectivity index (χ2n) is 5.52. The van der Waals surface area contributed by atoms with Gasteiger partial charge in [0.2, 0.25) is 5.91 Å². The minimum atomic E-state index is -3.03. The molecule has 0 bridgehead atoms. The van der Waals surface area contributed by atoms with Crippen LogP contribution in [0.3, 0.4) is 0 Å². The van der Waals surface area contributed by atoms with Crippen LogP contribution in [0.15, 0.2) is 0 Å². The van der Waals surface area contributed by atoms with Crippen molar-refractivity contribution in [2.24, 2.45) is 0 Å². The molecular weight excluding hydrogens is 284 g/mol. The van der Waals surface area contributed by atoms with Gasteiger partial charge >= 0.3 is 0 Å². The number of hydrogen-bond donors (Lipinski definition) is 2. The molecule has 0 aromatic carbocycles.